The molecular formula is C27H25N3O2. The number of anilines is 2. The maximum absolute atomic E-state index is 11.2. The molecule has 0 saturated carbocycles. The fourth-order valence-corrected chi connectivity index (χ4v) is 3.79. The third-order valence-corrected chi connectivity index (χ3v) is 5.44. The number of carbonyl (C=O) groups is 1. The fraction of sp³-hybridized carbons (Fsp3) is 0.111. The number of rotatable bonds is 6. The average molecular weight is 424 g/mol. The number of carboxylic acid groups (broad SMARTS) is 1. The van der Waals surface area contributed by atoms with Gasteiger partial charge in [-0.2, -0.15) is 0 Å². The molecule has 1 heterocycles. The quantitative estimate of drug-likeness (QED) is 0.344. The van der Waals surface area contributed by atoms with Crippen molar-refractivity contribution in [3.8, 4) is 5.69 Å². The van der Waals surface area contributed by atoms with E-state index in [0.29, 0.717) is 5.56 Å². The SMILES string of the molecule is Cc1cc(C(=O)O)ccc1-n1c(C)cc(C=Nc2ccc(Nc3ccccc3)cc2)c1C. The van der Waals surface area contributed by atoms with Gasteiger partial charge in [-0.3, -0.25) is 4.99 Å². The van der Waals surface area contributed by atoms with Crippen molar-refractivity contribution >= 4 is 29.2 Å². The Hall–Kier alpha value is -4.12. The molecule has 0 amide bonds. The molecule has 32 heavy (non-hydrogen) atoms. The van der Waals surface area contributed by atoms with Gasteiger partial charge < -0.3 is 15.0 Å². The second kappa shape index (κ2) is 8.94. The first-order valence-corrected chi connectivity index (χ1v) is 10.4. The van der Waals surface area contributed by atoms with Crippen molar-refractivity contribution in [3.05, 3.63) is 107 Å². The summed E-state index contributed by atoms with van der Waals surface area (Å²) in [5.41, 5.74) is 8.25. The van der Waals surface area contributed by atoms with Crippen LogP contribution in [0.3, 0.4) is 0 Å². The Morgan fingerprint density at radius 3 is 2.25 bits per heavy atom. The monoisotopic (exact) mass is 423 g/mol. The Labute approximate surface area is 187 Å². The minimum absolute atomic E-state index is 0.292. The maximum atomic E-state index is 11.2. The van der Waals surface area contributed by atoms with Crippen LogP contribution in [0, 0.1) is 20.8 Å². The molecule has 4 aromatic rings. The van der Waals surface area contributed by atoms with E-state index < -0.39 is 5.97 Å². The normalized spacial score (nSPS) is 11.1. The number of benzene rings is 3. The zero-order valence-corrected chi connectivity index (χ0v) is 18.3. The predicted octanol–water partition coefficient (Wildman–Crippen LogP) is 6.59. The van der Waals surface area contributed by atoms with Gasteiger partial charge in [0.05, 0.1) is 11.3 Å². The van der Waals surface area contributed by atoms with Gasteiger partial charge in [0.1, 0.15) is 0 Å². The van der Waals surface area contributed by atoms with Gasteiger partial charge in [0.15, 0.2) is 0 Å². The molecule has 160 valence electrons. The van der Waals surface area contributed by atoms with E-state index in [1.807, 2.05) is 87.6 Å². The van der Waals surface area contributed by atoms with Gasteiger partial charge in [0.25, 0.3) is 0 Å². The number of nitrogens with one attached hydrogen (secondary N) is 1. The Balaban J connectivity index is 1.55. The van der Waals surface area contributed by atoms with Crippen LogP contribution in [-0.2, 0) is 0 Å². The van der Waals surface area contributed by atoms with Crippen molar-refractivity contribution in [2.24, 2.45) is 4.99 Å². The van der Waals surface area contributed by atoms with Crippen LogP contribution in [0.4, 0.5) is 17.1 Å². The van der Waals surface area contributed by atoms with Crippen molar-refractivity contribution < 1.29 is 9.90 Å². The van der Waals surface area contributed by atoms with E-state index in [-0.39, 0.29) is 0 Å². The lowest BCUT2D eigenvalue weighted by Gasteiger charge is -2.13. The molecule has 0 unspecified atom stereocenters. The van der Waals surface area contributed by atoms with Crippen molar-refractivity contribution in [2.75, 3.05) is 5.32 Å². The molecule has 4 rings (SSSR count). The number of hydrogen-bond donors (Lipinski definition) is 2. The van der Waals surface area contributed by atoms with Crippen molar-refractivity contribution in [1.82, 2.24) is 4.57 Å². The van der Waals surface area contributed by atoms with E-state index in [0.717, 1.165) is 45.3 Å². The molecular weight excluding hydrogens is 398 g/mol. The summed E-state index contributed by atoms with van der Waals surface area (Å²) in [5, 5.41) is 12.6. The molecule has 0 radical (unpaired) electrons. The number of para-hydroxylation sites is 1. The van der Waals surface area contributed by atoms with Crippen LogP contribution < -0.4 is 5.32 Å². The first kappa shape index (κ1) is 21.1. The highest BCUT2D eigenvalue weighted by Crippen LogP contribution is 2.25. The topological polar surface area (TPSA) is 66.6 Å². The number of aromatic nitrogens is 1. The lowest BCUT2D eigenvalue weighted by molar-refractivity contribution is 0.0697. The number of hydrogen-bond acceptors (Lipinski definition) is 3. The molecule has 3 aromatic carbocycles. The molecule has 5 heteroatoms. The number of aromatic carboxylic acids is 1. The zero-order chi connectivity index (χ0) is 22.7. The predicted molar refractivity (Wildman–Crippen MR) is 130 cm³/mol. The van der Waals surface area contributed by atoms with Crippen molar-refractivity contribution in [3.63, 3.8) is 0 Å². The van der Waals surface area contributed by atoms with E-state index in [4.69, 9.17) is 0 Å². The average Bonchev–Trinajstić information content (AvgIpc) is 3.07. The molecule has 0 fully saturated rings. The summed E-state index contributed by atoms with van der Waals surface area (Å²) in [6.45, 7) is 6.02. The van der Waals surface area contributed by atoms with Gasteiger partial charge in [-0.05, 0) is 87.0 Å². The molecule has 1 aromatic heterocycles. The van der Waals surface area contributed by atoms with Crippen molar-refractivity contribution in [2.45, 2.75) is 20.8 Å². The molecule has 5 nitrogen and oxygen atoms in total. The van der Waals surface area contributed by atoms with Gasteiger partial charge in [-0.1, -0.05) is 18.2 Å². The number of aliphatic imine (C=N–C) groups is 1. The van der Waals surface area contributed by atoms with Gasteiger partial charge in [0, 0.05) is 40.2 Å². The summed E-state index contributed by atoms with van der Waals surface area (Å²) in [6, 6.07) is 25.3. The Morgan fingerprint density at radius 1 is 0.906 bits per heavy atom. The van der Waals surface area contributed by atoms with Gasteiger partial charge in [-0.25, -0.2) is 4.79 Å². The molecule has 0 bridgehead atoms. The van der Waals surface area contributed by atoms with E-state index in [1.165, 1.54) is 0 Å². The third-order valence-electron chi connectivity index (χ3n) is 5.44. The summed E-state index contributed by atoms with van der Waals surface area (Å²) in [6.07, 6.45) is 1.87. The summed E-state index contributed by atoms with van der Waals surface area (Å²) >= 11 is 0. The summed E-state index contributed by atoms with van der Waals surface area (Å²) < 4.78 is 2.13. The standard InChI is InChI=1S/C27H25N3O2/c1-18-15-21(27(31)32)9-14-26(18)30-19(2)16-22(20(30)3)17-28-23-10-12-25(13-11-23)29-24-7-5-4-6-8-24/h4-17,29H,1-3H3,(H,31,32). The van der Waals surface area contributed by atoms with Crippen LogP contribution in [0.2, 0.25) is 0 Å². The van der Waals surface area contributed by atoms with Crippen molar-refractivity contribution in [1.29, 1.82) is 0 Å². The minimum atomic E-state index is -0.918. The highest BCUT2D eigenvalue weighted by molar-refractivity contribution is 5.88. The van der Waals surface area contributed by atoms with E-state index in [9.17, 15) is 9.90 Å². The summed E-state index contributed by atoms with van der Waals surface area (Å²) in [4.78, 5) is 15.9. The molecule has 0 atom stereocenters. The summed E-state index contributed by atoms with van der Waals surface area (Å²) in [7, 11) is 0. The van der Waals surface area contributed by atoms with Gasteiger partial charge >= 0.3 is 5.97 Å². The Morgan fingerprint density at radius 2 is 1.59 bits per heavy atom. The lowest BCUT2D eigenvalue weighted by atomic mass is 10.1. The summed E-state index contributed by atoms with van der Waals surface area (Å²) in [5.74, 6) is -0.918. The van der Waals surface area contributed by atoms with E-state index >= 15 is 0 Å². The van der Waals surface area contributed by atoms with Crippen LogP contribution in [0.25, 0.3) is 5.69 Å². The van der Waals surface area contributed by atoms with Gasteiger partial charge in [-0.15, -0.1) is 0 Å². The lowest BCUT2D eigenvalue weighted by Crippen LogP contribution is -2.04. The smallest absolute Gasteiger partial charge is 0.335 e. The molecule has 0 spiro atoms. The highest BCUT2D eigenvalue weighted by Gasteiger charge is 2.13. The van der Waals surface area contributed by atoms with Crippen LogP contribution in [-0.4, -0.2) is 21.9 Å². The fourth-order valence-electron chi connectivity index (χ4n) is 3.79. The second-order valence-corrected chi connectivity index (χ2v) is 7.76. The zero-order valence-electron chi connectivity index (χ0n) is 18.3. The maximum Gasteiger partial charge on any atom is 0.335 e. The van der Waals surface area contributed by atoms with E-state index in [2.05, 4.69) is 20.9 Å². The number of nitrogens with zero attached hydrogens (tertiary/aromatic N) is 2. The molecule has 0 aliphatic carbocycles. The molecule has 0 aliphatic heterocycles. The minimum Gasteiger partial charge on any atom is -0.478 e. The number of carboxylic acids is 1. The second-order valence-electron chi connectivity index (χ2n) is 7.76. The molecule has 0 aliphatic rings. The third kappa shape index (κ3) is 4.47. The van der Waals surface area contributed by atoms with Crippen LogP contribution in [0.5, 0.6) is 0 Å². The van der Waals surface area contributed by atoms with Gasteiger partial charge in [0.2, 0.25) is 0 Å². The largest absolute Gasteiger partial charge is 0.478 e. The van der Waals surface area contributed by atoms with Crippen LogP contribution in [0.15, 0.2) is 83.9 Å². The molecule has 0 saturated heterocycles. The Kier molecular flexibility index (Phi) is 5.90. The first-order chi connectivity index (χ1) is 15.4. The number of aryl methyl sites for hydroxylation is 2. The first-order valence-electron chi connectivity index (χ1n) is 10.4. The van der Waals surface area contributed by atoms with E-state index in [1.54, 1.807) is 12.1 Å². The Bertz CT molecular complexity index is 1290. The highest BCUT2D eigenvalue weighted by atomic mass is 16.4. The molecule has 2 N–H and O–H groups in total. The van der Waals surface area contributed by atoms with Crippen LogP contribution >= 0.6 is 0 Å². The van der Waals surface area contributed by atoms with Crippen LogP contribution in [0.1, 0.15) is 32.9 Å².